The Hall–Kier alpha value is -1.59. The van der Waals surface area contributed by atoms with E-state index in [0.29, 0.717) is 13.2 Å². The molecule has 1 amide bonds. The molecule has 128 valence electrons. The van der Waals surface area contributed by atoms with Crippen LogP contribution >= 0.6 is 0 Å². The molecule has 1 aromatic rings. The van der Waals surface area contributed by atoms with Crippen molar-refractivity contribution in [1.29, 1.82) is 0 Å². The van der Waals surface area contributed by atoms with Gasteiger partial charge >= 0.3 is 0 Å². The lowest BCUT2D eigenvalue weighted by Crippen LogP contribution is -2.50. The third-order valence-electron chi connectivity index (χ3n) is 4.55. The fourth-order valence-electron chi connectivity index (χ4n) is 3.09. The lowest BCUT2D eigenvalue weighted by atomic mass is 9.78. The van der Waals surface area contributed by atoms with Crippen LogP contribution < -0.4 is 15.4 Å². The lowest BCUT2D eigenvalue weighted by Gasteiger charge is -2.35. The van der Waals surface area contributed by atoms with E-state index in [9.17, 15) is 4.79 Å². The number of rotatable bonds is 8. The molecule has 2 rings (SSSR count). The van der Waals surface area contributed by atoms with Crippen LogP contribution in [0.15, 0.2) is 24.3 Å². The van der Waals surface area contributed by atoms with Gasteiger partial charge < -0.3 is 20.1 Å². The van der Waals surface area contributed by atoms with Crippen LogP contribution in [0, 0.1) is 5.41 Å². The van der Waals surface area contributed by atoms with Crippen LogP contribution in [0.3, 0.4) is 0 Å². The van der Waals surface area contributed by atoms with Gasteiger partial charge in [-0.2, -0.15) is 0 Å². The first kappa shape index (κ1) is 17.8. The summed E-state index contributed by atoms with van der Waals surface area (Å²) in [5.41, 5.74) is 0.897. The minimum Gasteiger partial charge on any atom is -0.497 e. The Morgan fingerprint density at radius 2 is 1.91 bits per heavy atom. The molecule has 1 saturated heterocycles. The molecule has 2 N–H and O–H groups in total. The van der Waals surface area contributed by atoms with Gasteiger partial charge in [0.25, 0.3) is 0 Å². The number of ether oxygens (including phenoxy) is 2. The third kappa shape index (κ3) is 4.94. The van der Waals surface area contributed by atoms with Gasteiger partial charge in [0.05, 0.1) is 19.1 Å². The maximum absolute atomic E-state index is 12.6. The van der Waals surface area contributed by atoms with Gasteiger partial charge in [-0.1, -0.05) is 12.1 Å². The van der Waals surface area contributed by atoms with Gasteiger partial charge in [-0.3, -0.25) is 4.79 Å². The summed E-state index contributed by atoms with van der Waals surface area (Å²) in [5, 5.41) is 6.40. The SMILES string of the molecule is COCC1(C(=O)NCCCc2ccc(OC)cc2)CCNCC1. The van der Waals surface area contributed by atoms with Gasteiger partial charge in [0.15, 0.2) is 0 Å². The zero-order valence-electron chi connectivity index (χ0n) is 14.2. The normalized spacial score (nSPS) is 16.8. The molecule has 5 heteroatoms. The Morgan fingerprint density at radius 1 is 1.22 bits per heavy atom. The average molecular weight is 320 g/mol. The summed E-state index contributed by atoms with van der Waals surface area (Å²) >= 11 is 0. The van der Waals surface area contributed by atoms with E-state index < -0.39 is 0 Å². The third-order valence-corrected chi connectivity index (χ3v) is 4.55. The van der Waals surface area contributed by atoms with Crippen molar-refractivity contribution >= 4 is 5.91 Å². The van der Waals surface area contributed by atoms with Crippen LogP contribution in [-0.4, -0.2) is 46.4 Å². The smallest absolute Gasteiger partial charge is 0.228 e. The summed E-state index contributed by atoms with van der Waals surface area (Å²) in [6.45, 7) is 2.95. The number of nitrogens with one attached hydrogen (secondary N) is 2. The Bertz CT molecular complexity index is 476. The number of piperidine rings is 1. The Morgan fingerprint density at radius 3 is 2.52 bits per heavy atom. The molecule has 1 fully saturated rings. The van der Waals surface area contributed by atoms with Crippen molar-refractivity contribution in [3.63, 3.8) is 0 Å². The largest absolute Gasteiger partial charge is 0.497 e. The van der Waals surface area contributed by atoms with E-state index in [2.05, 4.69) is 22.8 Å². The highest BCUT2D eigenvalue weighted by Crippen LogP contribution is 2.29. The van der Waals surface area contributed by atoms with E-state index in [-0.39, 0.29) is 11.3 Å². The van der Waals surface area contributed by atoms with Gasteiger partial charge in [-0.05, 0) is 56.5 Å². The number of carbonyl (C=O) groups excluding carboxylic acids is 1. The maximum atomic E-state index is 12.6. The van der Waals surface area contributed by atoms with Crippen LogP contribution in [-0.2, 0) is 16.0 Å². The molecule has 23 heavy (non-hydrogen) atoms. The second-order valence-corrected chi connectivity index (χ2v) is 6.17. The van der Waals surface area contributed by atoms with Crippen molar-refractivity contribution < 1.29 is 14.3 Å². The number of benzene rings is 1. The standard InChI is InChI=1S/C18H28N2O3/c1-22-14-18(9-12-19-13-10-18)17(21)20-11-3-4-15-5-7-16(23-2)8-6-15/h5-8,19H,3-4,9-14H2,1-2H3,(H,20,21). The van der Waals surface area contributed by atoms with E-state index in [1.165, 1.54) is 5.56 Å². The number of amides is 1. The summed E-state index contributed by atoms with van der Waals surface area (Å²) in [6.07, 6.45) is 3.55. The van der Waals surface area contributed by atoms with Gasteiger partial charge in [0.1, 0.15) is 5.75 Å². The quantitative estimate of drug-likeness (QED) is 0.717. The van der Waals surface area contributed by atoms with E-state index in [1.807, 2.05) is 12.1 Å². The molecule has 1 aliphatic rings. The summed E-state index contributed by atoms with van der Waals surface area (Å²) in [7, 11) is 3.34. The first-order chi connectivity index (χ1) is 11.2. The molecule has 0 aliphatic carbocycles. The van der Waals surface area contributed by atoms with Crippen LogP contribution in [0.1, 0.15) is 24.8 Å². The van der Waals surface area contributed by atoms with Crippen molar-refractivity contribution in [2.75, 3.05) is 40.5 Å². The van der Waals surface area contributed by atoms with Gasteiger partial charge in [-0.15, -0.1) is 0 Å². The topological polar surface area (TPSA) is 59.6 Å². The molecule has 1 heterocycles. The van der Waals surface area contributed by atoms with E-state index >= 15 is 0 Å². The molecule has 0 unspecified atom stereocenters. The molecule has 0 saturated carbocycles. The highest BCUT2D eigenvalue weighted by molar-refractivity contribution is 5.83. The first-order valence-corrected chi connectivity index (χ1v) is 8.31. The predicted molar refractivity (Wildman–Crippen MR) is 90.7 cm³/mol. The van der Waals surface area contributed by atoms with Crippen LogP contribution in [0.2, 0.25) is 0 Å². The molecule has 0 atom stereocenters. The Kier molecular flexibility index (Phi) is 6.86. The molecule has 0 spiro atoms. The fraction of sp³-hybridized carbons (Fsp3) is 0.611. The number of aryl methyl sites for hydroxylation is 1. The number of hydrogen-bond donors (Lipinski definition) is 2. The van der Waals surface area contributed by atoms with E-state index in [0.717, 1.165) is 44.5 Å². The Labute approximate surface area is 138 Å². The van der Waals surface area contributed by atoms with Crippen molar-refractivity contribution in [2.24, 2.45) is 5.41 Å². The predicted octanol–water partition coefficient (Wildman–Crippen LogP) is 1.76. The average Bonchev–Trinajstić information content (AvgIpc) is 2.60. The van der Waals surface area contributed by atoms with Gasteiger partial charge in [0, 0.05) is 13.7 Å². The van der Waals surface area contributed by atoms with Crippen LogP contribution in [0.5, 0.6) is 5.75 Å². The maximum Gasteiger partial charge on any atom is 0.228 e. The molecule has 0 aromatic heterocycles. The van der Waals surface area contributed by atoms with Crippen molar-refractivity contribution in [3.8, 4) is 5.75 Å². The molecule has 0 bridgehead atoms. The number of hydrogen-bond acceptors (Lipinski definition) is 4. The monoisotopic (exact) mass is 320 g/mol. The zero-order valence-corrected chi connectivity index (χ0v) is 14.2. The van der Waals surface area contributed by atoms with Gasteiger partial charge in [0.2, 0.25) is 5.91 Å². The van der Waals surface area contributed by atoms with E-state index in [4.69, 9.17) is 9.47 Å². The number of carbonyl (C=O) groups is 1. The summed E-state index contributed by atoms with van der Waals surface area (Å²) in [6, 6.07) is 8.08. The molecular weight excluding hydrogens is 292 g/mol. The van der Waals surface area contributed by atoms with Crippen molar-refractivity contribution in [3.05, 3.63) is 29.8 Å². The summed E-state index contributed by atoms with van der Waals surface area (Å²) < 4.78 is 10.5. The van der Waals surface area contributed by atoms with Crippen LogP contribution in [0.25, 0.3) is 0 Å². The van der Waals surface area contributed by atoms with Crippen LogP contribution in [0.4, 0.5) is 0 Å². The fourth-order valence-corrected chi connectivity index (χ4v) is 3.09. The molecule has 1 aliphatic heterocycles. The molecule has 5 nitrogen and oxygen atoms in total. The van der Waals surface area contributed by atoms with E-state index in [1.54, 1.807) is 14.2 Å². The highest BCUT2D eigenvalue weighted by atomic mass is 16.5. The highest BCUT2D eigenvalue weighted by Gasteiger charge is 2.39. The first-order valence-electron chi connectivity index (χ1n) is 8.31. The summed E-state index contributed by atoms with van der Waals surface area (Å²) in [5.74, 6) is 1.00. The second-order valence-electron chi connectivity index (χ2n) is 6.17. The summed E-state index contributed by atoms with van der Waals surface area (Å²) in [4.78, 5) is 12.6. The molecule has 0 radical (unpaired) electrons. The molecule has 1 aromatic carbocycles. The molecular formula is C18H28N2O3. The lowest BCUT2D eigenvalue weighted by molar-refractivity contribution is -0.136. The number of methoxy groups -OCH3 is 2. The van der Waals surface area contributed by atoms with Crippen molar-refractivity contribution in [2.45, 2.75) is 25.7 Å². The second kappa shape index (κ2) is 8.89. The van der Waals surface area contributed by atoms with Crippen molar-refractivity contribution in [1.82, 2.24) is 10.6 Å². The zero-order chi connectivity index (χ0) is 16.5. The van der Waals surface area contributed by atoms with Gasteiger partial charge in [-0.25, -0.2) is 0 Å². The Balaban J connectivity index is 1.76. The minimum absolute atomic E-state index is 0.135. The minimum atomic E-state index is -0.361.